The minimum atomic E-state index is -0.667. The van der Waals surface area contributed by atoms with Crippen molar-refractivity contribution in [3.05, 3.63) is 89.5 Å². The molecular formula is C22H19NO5. The van der Waals surface area contributed by atoms with Gasteiger partial charge in [0.1, 0.15) is 18.1 Å². The Morgan fingerprint density at radius 2 is 1.57 bits per heavy atom. The number of para-hydroxylation sites is 2. The van der Waals surface area contributed by atoms with Crippen LogP contribution < -0.4 is 10.1 Å². The second-order valence-electron chi connectivity index (χ2n) is 5.92. The molecule has 3 aromatic rings. The van der Waals surface area contributed by atoms with Crippen LogP contribution in [0.15, 0.2) is 72.8 Å². The summed E-state index contributed by atoms with van der Waals surface area (Å²) >= 11 is 0. The summed E-state index contributed by atoms with van der Waals surface area (Å²) in [5.41, 5.74) is 1.28. The van der Waals surface area contributed by atoms with Gasteiger partial charge in [-0.25, -0.2) is 4.79 Å². The number of carbonyl (C=O) groups excluding carboxylic acids is 2. The van der Waals surface area contributed by atoms with Crippen LogP contribution in [-0.2, 0) is 11.3 Å². The number of benzene rings is 3. The van der Waals surface area contributed by atoms with Crippen LogP contribution in [0, 0.1) is 0 Å². The van der Waals surface area contributed by atoms with Gasteiger partial charge < -0.3 is 19.9 Å². The standard InChI is InChI=1S/C22H19NO5/c1-27-22(26)17-11-7-12-18(24)20(17)23-21(25)16-10-5-6-13-19(16)28-14-15-8-3-2-4-9-15/h2-13,24H,14H2,1H3,(H,23,25). The molecule has 0 saturated heterocycles. The lowest BCUT2D eigenvalue weighted by atomic mass is 10.1. The van der Waals surface area contributed by atoms with Gasteiger partial charge in [-0.3, -0.25) is 4.79 Å². The predicted octanol–water partition coefficient (Wildman–Crippen LogP) is 4.01. The number of ether oxygens (including phenoxy) is 2. The number of anilines is 1. The third-order valence-corrected chi connectivity index (χ3v) is 4.06. The number of hydrogen-bond donors (Lipinski definition) is 2. The lowest BCUT2D eigenvalue weighted by Gasteiger charge is -2.14. The highest BCUT2D eigenvalue weighted by Crippen LogP contribution is 2.29. The van der Waals surface area contributed by atoms with Crippen molar-refractivity contribution < 1.29 is 24.2 Å². The second-order valence-corrected chi connectivity index (χ2v) is 5.92. The topological polar surface area (TPSA) is 84.9 Å². The molecule has 142 valence electrons. The molecule has 28 heavy (non-hydrogen) atoms. The quantitative estimate of drug-likeness (QED) is 0.501. The lowest BCUT2D eigenvalue weighted by Crippen LogP contribution is -2.16. The number of aromatic hydroxyl groups is 1. The molecule has 0 radical (unpaired) electrons. The van der Waals surface area contributed by atoms with Crippen LogP contribution in [0.25, 0.3) is 0 Å². The van der Waals surface area contributed by atoms with E-state index in [0.717, 1.165) is 5.56 Å². The van der Waals surface area contributed by atoms with Gasteiger partial charge in [-0.05, 0) is 29.8 Å². The number of nitrogens with one attached hydrogen (secondary N) is 1. The minimum absolute atomic E-state index is 0.0165. The highest BCUT2D eigenvalue weighted by Gasteiger charge is 2.20. The molecule has 0 aromatic heterocycles. The molecular weight excluding hydrogens is 358 g/mol. The summed E-state index contributed by atoms with van der Waals surface area (Å²) in [5, 5.41) is 12.7. The summed E-state index contributed by atoms with van der Waals surface area (Å²) in [5.74, 6) is -1.03. The van der Waals surface area contributed by atoms with Crippen LogP contribution in [-0.4, -0.2) is 24.1 Å². The first-order valence-corrected chi connectivity index (χ1v) is 8.57. The van der Waals surface area contributed by atoms with Crippen LogP contribution >= 0.6 is 0 Å². The Labute approximate surface area is 162 Å². The van der Waals surface area contributed by atoms with E-state index in [1.165, 1.54) is 25.3 Å². The van der Waals surface area contributed by atoms with Gasteiger partial charge in [0.15, 0.2) is 0 Å². The summed E-state index contributed by atoms with van der Waals surface area (Å²) < 4.78 is 10.5. The van der Waals surface area contributed by atoms with Crippen LogP contribution in [0.5, 0.6) is 11.5 Å². The average Bonchev–Trinajstić information content (AvgIpc) is 2.74. The van der Waals surface area contributed by atoms with E-state index in [0.29, 0.717) is 12.4 Å². The van der Waals surface area contributed by atoms with Gasteiger partial charge in [0.25, 0.3) is 5.91 Å². The zero-order valence-electron chi connectivity index (χ0n) is 15.2. The SMILES string of the molecule is COC(=O)c1cccc(O)c1NC(=O)c1ccccc1OCc1ccccc1. The van der Waals surface area contributed by atoms with Gasteiger partial charge in [-0.2, -0.15) is 0 Å². The van der Waals surface area contributed by atoms with Crippen LogP contribution in [0.3, 0.4) is 0 Å². The van der Waals surface area contributed by atoms with Crippen molar-refractivity contribution in [3.63, 3.8) is 0 Å². The van der Waals surface area contributed by atoms with E-state index in [4.69, 9.17) is 9.47 Å². The van der Waals surface area contributed by atoms with Crippen molar-refractivity contribution in [2.75, 3.05) is 12.4 Å². The third kappa shape index (κ3) is 4.29. The Bertz CT molecular complexity index is 985. The third-order valence-electron chi connectivity index (χ3n) is 4.06. The molecule has 0 aliphatic carbocycles. The first-order valence-electron chi connectivity index (χ1n) is 8.57. The molecule has 0 fully saturated rings. The fourth-order valence-electron chi connectivity index (χ4n) is 2.65. The second kappa shape index (κ2) is 8.73. The highest BCUT2D eigenvalue weighted by molar-refractivity contribution is 6.10. The number of hydrogen-bond acceptors (Lipinski definition) is 5. The van der Waals surface area contributed by atoms with Gasteiger partial charge in [-0.1, -0.05) is 48.5 Å². The Morgan fingerprint density at radius 3 is 2.32 bits per heavy atom. The maximum absolute atomic E-state index is 12.8. The molecule has 2 N–H and O–H groups in total. The molecule has 0 unspecified atom stereocenters. The number of phenols is 1. The molecule has 0 saturated carbocycles. The van der Waals surface area contributed by atoms with Gasteiger partial charge in [0.05, 0.1) is 23.9 Å². The van der Waals surface area contributed by atoms with Crippen LogP contribution in [0.2, 0.25) is 0 Å². The zero-order valence-corrected chi connectivity index (χ0v) is 15.2. The smallest absolute Gasteiger partial charge is 0.340 e. The first kappa shape index (κ1) is 19.0. The van der Waals surface area contributed by atoms with Crippen LogP contribution in [0.1, 0.15) is 26.3 Å². The van der Waals surface area contributed by atoms with Crippen molar-refractivity contribution in [1.29, 1.82) is 0 Å². The maximum atomic E-state index is 12.8. The number of methoxy groups -OCH3 is 1. The normalized spacial score (nSPS) is 10.2. The number of phenolic OH excluding ortho intramolecular Hbond substituents is 1. The minimum Gasteiger partial charge on any atom is -0.506 e. The van der Waals surface area contributed by atoms with Gasteiger partial charge in [0, 0.05) is 0 Å². The van der Waals surface area contributed by atoms with Crippen molar-refractivity contribution in [2.45, 2.75) is 6.61 Å². The van der Waals surface area contributed by atoms with Gasteiger partial charge in [0.2, 0.25) is 0 Å². The summed E-state index contributed by atoms with van der Waals surface area (Å²) in [6, 6.07) is 20.7. The molecule has 3 rings (SSSR count). The number of rotatable bonds is 6. The van der Waals surface area contributed by atoms with E-state index in [1.807, 2.05) is 30.3 Å². The molecule has 6 nitrogen and oxygen atoms in total. The molecule has 1 amide bonds. The molecule has 6 heteroatoms. The number of carbonyl (C=O) groups is 2. The van der Waals surface area contributed by atoms with Crippen molar-refractivity contribution in [2.24, 2.45) is 0 Å². The zero-order chi connectivity index (χ0) is 19.9. The van der Waals surface area contributed by atoms with E-state index >= 15 is 0 Å². The largest absolute Gasteiger partial charge is 0.506 e. The predicted molar refractivity (Wildman–Crippen MR) is 105 cm³/mol. The van der Waals surface area contributed by atoms with E-state index in [1.54, 1.807) is 24.3 Å². The number of esters is 1. The average molecular weight is 377 g/mol. The Morgan fingerprint density at radius 1 is 0.893 bits per heavy atom. The van der Waals surface area contributed by atoms with Crippen molar-refractivity contribution >= 4 is 17.6 Å². The van der Waals surface area contributed by atoms with E-state index < -0.39 is 11.9 Å². The summed E-state index contributed by atoms with van der Waals surface area (Å²) in [6.07, 6.45) is 0. The molecule has 0 heterocycles. The van der Waals surface area contributed by atoms with Crippen molar-refractivity contribution in [3.8, 4) is 11.5 Å². The Kier molecular flexibility index (Phi) is 5.91. The van der Waals surface area contributed by atoms with Crippen molar-refractivity contribution in [1.82, 2.24) is 0 Å². The molecule has 0 aliphatic heterocycles. The maximum Gasteiger partial charge on any atom is 0.340 e. The van der Waals surface area contributed by atoms with E-state index in [-0.39, 0.29) is 22.6 Å². The fraction of sp³-hybridized carbons (Fsp3) is 0.0909. The van der Waals surface area contributed by atoms with E-state index in [2.05, 4.69) is 5.32 Å². The number of amides is 1. The molecule has 0 bridgehead atoms. The monoisotopic (exact) mass is 377 g/mol. The molecule has 0 atom stereocenters. The first-order chi connectivity index (χ1) is 13.6. The molecule has 0 aliphatic rings. The lowest BCUT2D eigenvalue weighted by molar-refractivity contribution is 0.0601. The van der Waals surface area contributed by atoms with E-state index in [9.17, 15) is 14.7 Å². The summed E-state index contributed by atoms with van der Waals surface area (Å²) in [4.78, 5) is 24.7. The van der Waals surface area contributed by atoms with Gasteiger partial charge >= 0.3 is 5.97 Å². The summed E-state index contributed by atoms with van der Waals surface area (Å²) in [6.45, 7) is 0.301. The van der Waals surface area contributed by atoms with Gasteiger partial charge in [-0.15, -0.1) is 0 Å². The molecule has 3 aromatic carbocycles. The highest BCUT2D eigenvalue weighted by atomic mass is 16.5. The Hall–Kier alpha value is -3.80. The molecule has 0 spiro atoms. The summed E-state index contributed by atoms with van der Waals surface area (Å²) in [7, 11) is 1.23. The fourth-order valence-corrected chi connectivity index (χ4v) is 2.65. The Balaban J connectivity index is 1.83. The van der Waals surface area contributed by atoms with Crippen LogP contribution in [0.4, 0.5) is 5.69 Å².